The van der Waals surface area contributed by atoms with E-state index in [0.717, 1.165) is 16.6 Å². The van der Waals surface area contributed by atoms with Crippen molar-refractivity contribution in [3.05, 3.63) is 28.7 Å². The number of thioether (sulfide) groups is 1. The van der Waals surface area contributed by atoms with Crippen LogP contribution in [-0.4, -0.2) is 28.4 Å². The van der Waals surface area contributed by atoms with Crippen LogP contribution in [-0.2, 0) is 4.79 Å². The smallest absolute Gasteiger partial charge is 0.323 e. The van der Waals surface area contributed by atoms with Crippen molar-refractivity contribution in [3.63, 3.8) is 0 Å². The van der Waals surface area contributed by atoms with Gasteiger partial charge in [0.2, 0.25) is 0 Å². The summed E-state index contributed by atoms with van der Waals surface area (Å²) in [5.41, 5.74) is -0.797. The van der Waals surface area contributed by atoms with Gasteiger partial charge in [0.15, 0.2) is 0 Å². The Morgan fingerprint density at radius 1 is 1.38 bits per heavy atom. The van der Waals surface area contributed by atoms with E-state index in [9.17, 15) is 9.90 Å². The molecule has 0 heterocycles. The lowest BCUT2D eigenvalue weighted by Gasteiger charge is -2.31. The van der Waals surface area contributed by atoms with E-state index in [-0.39, 0.29) is 6.04 Å². The Morgan fingerprint density at radius 3 is 2.48 bits per heavy atom. The second-order valence-electron chi connectivity index (χ2n) is 5.45. The molecule has 0 spiro atoms. The van der Waals surface area contributed by atoms with Crippen LogP contribution in [0.15, 0.2) is 33.6 Å². The first-order chi connectivity index (χ1) is 9.89. The minimum atomic E-state index is -0.797. The molecule has 0 amide bonds. The zero-order valence-electron chi connectivity index (χ0n) is 12.9. The van der Waals surface area contributed by atoms with Gasteiger partial charge in [0.25, 0.3) is 0 Å². The van der Waals surface area contributed by atoms with Gasteiger partial charge in [-0.05, 0) is 63.1 Å². The van der Waals surface area contributed by atoms with E-state index in [1.807, 2.05) is 32.9 Å². The summed E-state index contributed by atoms with van der Waals surface area (Å²) in [6.45, 7) is 5.92. The molecular formula is C16H24BrNO2S. The molecule has 5 heteroatoms. The molecule has 0 aliphatic heterocycles. The minimum Gasteiger partial charge on any atom is -0.480 e. The molecule has 1 rings (SSSR count). The van der Waals surface area contributed by atoms with E-state index in [0.29, 0.717) is 12.8 Å². The minimum absolute atomic E-state index is 0.167. The first-order valence-electron chi connectivity index (χ1n) is 7.29. The standard InChI is InChI=1S/C16H24BrNO2S/c1-4-16(15(19)20,18-12(2)3)10-5-11-21-14-8-6-13(17)7-9-14/h6-9,12,18H,4-5,10-11H2,1-3H3,(H,19,20). The van der Waals surface area contributed by atoms with E-state index in [1.165, 1.54) is 4.90 Å². The molecule has 0 bridgehead atoms. The molecule has 1 aromatic rings. The maximum Gasteiger partial charge on any atom is 0.323 e. The predicted octanol–water partition coefficient (Wildman–Crippen LogP) is 4.55. The van der Waals surface area contributed by atoms with Gasteiger partial charge in [-0.2, -0.15) is 0 Å². The van der Waals surface area contributed by atoms with Gasteiger partial charge in [0.05, 0.1) is 0 Å². The molecule has 0 aromatic heterocycles. The van der Waals surface area contributed by atoms with Gasteiger partial charge in [-0.1, -0.05) is 22.9 Å². The molecule has 21 heavy (non-hydrogen) atoms. The molecule has 0 saturated carbocycles. The third-order valence-electron chi connectivity index (χ3n) is 3.41. The Bertz CT molecular complexity index is 450. The van der Waals surface area contributed by atoms with Crippen molar-refractivity contribution in [2.45, 2.75) is 56.5 Å². The van der Waals surface area contributed by atoms with Crippen LogP contribution in [0.4, 0.5) is 0 Å². The van der Waals surface area contributed by atoms with Gasteiger partial charge in [-0.25, -0.2) is 0 Å². The first kappa shape index (κ1) is 18.5. The molecule has 0 radical (unpaired) electrons. The average molecular weight is 374 g/mol. The highest BCUT2D eigenvalue weighted by Gasteiger charge is 2.36. The van der Waals surface area contributed by atoms with Crippen molar-refractivity contribution in [1.29, 1.82) is 0 Å². The quantitative estimate of drug-likeness (QED) is 0.492. The van der Waals surface area contributed by atoms with Crippen LogP contribution in [0.2, 0.25) is 0 Å². The summed E-state index contributed by atoms with van der Waals surface area (Å²) in [7, 11) is 0. The van der Waals surface area contributed by atoms with E-state index >= 15 is 0 Å². The fourth-order valence-electron chi connectivity index (χ4n) is 2.32. The number of carboxylic acid groups (broad SMARTS) is 1. The highest BCUT2D eigenvalue weighted by Crippen LogP contribution is 2.25. The zero-order valence-corrected chi connectivity index (χ0v) is 15.3. The summed E-state index contributed by atoms with van der Waals surface area (Å²) in [6, 6.07) is 8.36. The van der Waals surface area contributed by atoms with Crippen molar-refractivity contribution in [2.75, 3.05) is 5.75 Å². The fourth-order valence-corrected chi connectivity index (χ4v) is 3.44. The molecule has 2 N–H and O–H groups in total. The lowest BCUT2D eigenvalue weighted by atomic mass is 9.90. The lowest BCUT2D eigenvalue weighted by molar-refractivity contribution is -0.145. The number of nitrogens with one attached hydrogen (secondary N) is 1. The van der Waals surface area contributed by atoms with Crippen LogP contribution in [0.1, 0.15) is 40.0 Å². The van der Waals surface area contributed by atoms with Crippen LogP contribution in [0.25, 0.3) is 0 Å². The van der Waals surface area contributed by atoms with Gasteiger partial charge < -0.3 is 5.11 Å². The number of carboxylic acids is 1. The number of aliphatic carboxylic acids is 1. The largest absolute Gasteiger partial charge is 0.480 e. The molecule has 1 aromatic carbocycles. The van der Waals surface area contributed by atoms with Crippen LogP contribution in [0.3, 0.4) is 0 Å². The Hall–Kier alpha value is -0.520. The summed E-state index contributed by atoms with van der Waals surface area (Å²) < 4.78 is 1.07. The predicted molar refractivity (Wildman–Crippen MR) is 93.0 cm³/mol. The van der Waals surface area contributed by atoms with Gasteiger partial charge in [-0.3, -0.25) is 10.1 Å². The number of rotatable bonds is 9. The molecule has 0 aliphatic carbocycles. The molecule has 1 unspecified atom stereocenters. The number of benzene rings is 1. The van der Waals surface area contributed by atoms with Crippen LogP contribution < -0.4 is 5.32 Å². The highest BCUT2D eigenvalue weighted by atomic mass is 79.9. The molecule has 118 valence electrons. The van der Waals surface area contributed by atoms with Crippen LogP contribution >= 0.6 is 27.7 Å². The van der Waals surface area contributed by atoms with Crippen molar-refractivity contribution >= 4 is 33.7 Å². The third kappa shape index (κ3) is 6.01. The average Bonchev–Trinajstić information content (AvgIpc) is 2.43. The van der Waals surface area contributed by atoms with Gasteiger partial charge in [0.1, 0.15) is 5.54 Å². The monoisotopic (exact) mass is 373 g/mol. The maximum absolute atomic E-state index is 11.6. The van der Waals surface area contributed by atoms with E-state index in [1.54, 1.807) is 11.8 Å². The second kappa shape index (κ2) is 8.81. The molecule has 1 atom stereocenters. The summed E-state index contributed by atoms with van der Waals surface area (Å²) in [5, 5.41) is 12.8. The first-order valence-corrected chi connectivity index (χ1v) is 9.07. The normalized spacial score (nSPS) is 14.1. The lowest BCUT2D eigenvalue weighted by Crippen LogP contribution is -2.54. The van der Waals surface area contributed by atoms with Gasteiger partial charge in [-0.15, -0.1) is 11.8 Å². The highest BCUT2D eigenvalue weighted by molar-refractivity contribution is 9.10. The molecule has 0 fully saturated rings. The Morgan fingerprint density at radius 2 is 2.00 bits per heavy atom. The van der Waals surface area contributed by atoms with Crippen molar-refractivity contribution in [1.82, 2.24) is 5.32 Å². The number of halogens is 1. The van der Waals surface area contributed by atoms with Crippen molar-refractivity contribution in [2.24, 2.45) is 0 Å². The maximum atomic E-state index is 11.6. The summed E-state index contributed by atoms with van der Waals surface area (Å²) in [4.78, 5) is 12.8. The summed E-state index contributed by atoms with van der Waals surface area (Å²) in [5.74, 6) is 0.184. The van der Waals surface area contributed by atoms with Crippen molar-refractivity contribution < 1.29 is 9.90 Å². The molecule has 3 nitrogen and oxygen atoms in total. The Balaban J connectivity index is 2.50. The summed E-state index contributed by atoms with van der Waals surface area (Å²) in [6.07, 6.45) is 2.13. The fraction of sp³-hybridized carbons (Fsp3) is 0.562. The Labute approximate surface area is 140 Å². The number of hydrogen-bond donors (Lipinski definition) is 2. The Kier molecular flexibility index (Phi) is 7.77. The second-order valence-corrected chi connectivity index (χ2v) is 7.53. The number of carbonyl (C=O) groups is 1. The van der Waals surface area contributed by atoms with Gasteiger partial charge in [0, 0.05) is 15.4 Å². The molecule has 0 saturated heterocycles. The van der Waals surface area contributed by atoms with E-state index in [2.05, 4.69) is 33.4 Å². The summed E-state index contributed by atoms with van der Waals surface area (Å²) >= 11 is 5.19. The van der Waals surface area contributed by atoms with Crippen LogP contribution in [0.5, 0.6) is 0 Å². The van der Waals surface area contributed by atoms with E-state index in [4.69, 9.17) is 0 Å². The van der Waals surface area contributed by atoms with Gasteiger partial charge >= 0.3 is 5.97 Å². The van der Waals surface area contributed by atoms with Crippen LogP contribution in [0, 0.1) is 0 Å². The molecular weight excluding hydrogens is 350 g/mol. The van der Waals surface area contributed by atoms with Crippen molar-refractivity contribution in [3.8, 4) is 0 Å². The third-order valence-corrected chi connectivity index (χ3v) is 5.04. The SMILES string of the molecule is CCC(CCCSc1ccc(Br)cc1)(NC(C)C)C(=O)O. The zero-order chi connectivity index (χ0) is 15.9. The molecule has 0 aliphatic rings. The van der Waals surface area contributed by atoms with E-state index < -0.39 is 11.5 Å². The topological polar surface area (TPSA) is 49.3 Å². The number of hydrogen-bond acceptors (Lipinski definition) is 3.